The van der Waals surface area contributed by atoms with Crippen LogP contribution in [0.15, 0.2) is 40.7 Å². The van der Waals surface area contributed by atoms with Gasteiger partial charge in [-0.1, -0.05) is 19.1 Å². The van der Waals surface area contributed by atoms with Crippen molar-refractivity contribution in [3.05, 3.63) is 46.2 Å². The SMILES string of the molecule is COc1cccc(C=NC[C@H](c2cccs2)[NH+]2CCC(C)CC2)c1O. The molecule has 0 aliphatic carbocycles. The molecule has 0 amide bonds. The number of aliphatic imine (C=N–C) groups is 1. The number of methoxy groups -OCH3 is 1. The normalized spacial score (nSPS) is 22.2. The average Bonchev–Trinajstić information content (AvgIpc) is 3.15. The fraction of sp³-hybridized carbons (Fsp3) is 0.450. The molecule has 0 bridgehead atoms. The quantitative estimate of drug-likeness (QED) is 0.779. The molecule has 3 rings (SSSR count). The average molecular weight is 360 g/mol. The van der Waals surface area contributed by atoms with E-state index < -0.39 is 0 Å². The van der Waals surface area contributed by atoms with Crippen LogP contribution in [0.4, 0.5) is 0 Å². The highest BCUT2D eigenvalue weighted by Gasteiger charge is 2.28. The number of benzene rings is 1. The highest BCUT2D eigenvalue weighted by molar-refractivity contribution is 7.10. The third-order valence-electron chi connectivity index (χ3n) is 5.06. The number of hydrogen-bond donors (Lipinski definition) is 2. The van der Waals surface area contributed by atoms with Crippen LogP contribution < -0.4 is 9.64 Å². The standard InChI is InChI=1S/C20H26N2O2S/c1-15-8-10-22(11-9-15)17(19-7-4-12-25-19)14-21-13-16-5-3-6-18(24-2)20(16)23/h3-7,12-13,15,17,23H,8-11,14H2,1-2H3/p+1/t17-/m1/s1. The summed E-state index contributed by atoms with van der Waals surface area (Å²) in [5.74, 6) is 1.47. The van der Waals surface area contributed by atoms with Gasteiger partial charge < -0.3 is 14.7 Å². The van der Waals surface area contributed by atoms with E-state index in [0.29, 0.717) is 17.4 Å². The number of quaternary nitrogens is 1. The third-order valence-corrected chi connectivity index (χ3v) is 6.05. The summed E-state index contributed by atoms with van der Waals surface area (Å²) in [6.45, 7) is 5.51. The fourth-order valence-electron chi connectivity index (χ4n) is 3.46. The van der Waals surface area contributed by atoms with E-state index in [0.717, 1.165) is 12.5 Å². The van der Waals surface area contributed by atoms with Gasteiger partial charge in [0, 0.05) is 11.8 Å². The van der Waals surface area contributed by atoms with Crippen LogP contribution in [0.1, 0.15) is 36.2 Å². The first kappa shape index (κ1) is 18.0. The first-order chi connectivity index (χ1) is 12.2. The van der Waals surface area contributed by atoms with E-state index in [9.17, 15) is 5.11 Å². The summed E-state index contributed by atoms with van der Waals surface area (Å²) in [5.41, 5.74) is 0.701. The number of nitrogens with zero attached hydrogens (tertiary/aromatic N) is 1. The second-order valence-corrected chi connectivity index (χ2v) is 7.78. The number of rotatable bonds is 6. The molecule has 1 aliphatic heterocycles. The Morgan fingerprint density at radius 1 is 1.32 bits per heavy atom. The lowest BCUT2D eigenvalue weighted by Gasteiger charge is -2.32. The first-order valence-electron chi connectivity index (χ1n) is 8.92. The van der Waals surface area contributed by atoms with Crippen LogP contribution in [0.25, 0.3) is 0 Å². The van der Waals surface area contributed by atoms with Crippen molar-refractivity contribution < 1.29 is 14.7 Å². The number of para-hydroxylation sites is 1. The zero-order valence-electron chi connectivity index (χ0n) is 14.9. The van der Waals surface area contributed by atoms with Crippen molar-refractivity contribution in [3.8, 4) is 11.5 Å². The fourth-order valence-corrected chi connectivity index (χ4v) is 4.33. The van der Waals surface area contributed by atoms with Gasteiger partial charge in [0.05, 0.1) is 31.6 Å². The number of aromatic hydroxyl groups is 1. The summed E-state index contributed by atoms with van der Waals surface area (Å²) < 4.78 is 5.16. The Kier molecular flexibility index (Phi) is 6.10. The van der Waals surface area contributed by atoms with Gasteiger partial charge in [-0.3, -0.25) is 4.99 Å². The predicted octanol–water partition coefficient (Wildman–Crippen LogP) is 2.94. The summed E-state index contributed by atoms with van der Waals surface area (Å²) in [4.78, 5) is 7.71. The second-order valence-electron chi connectivity index (χ2n) is 6.80. The molecule has 2 N–H and O–H groups in total. The minimum Gasteiger partial charge on any atom is -0.504 e. The summed E-state index contributed by atoms with van der Waals surface area (Å²) >= 11 is 1.82. The van der Waals surface area contributed by atoms with Gasteiger partial charge in [0.15, 0.2) is 11.5 Å². The Labute approximate surface area is 153 Å². The molecule has 1 aliphatic rings. The van der Waals surface area contributed by atoms with E-state index >= 15 is 0 Å². The third kappa shape index (κ3) is 4.41. The number of nitrogens with one attached hydrogen (secondary N) is 1. The minimum absolute atomic E-state index is 0.153. The maximum Gasteiger partial charge on any atom is 0.166 e. The van der Waals surface area contributed by atoms with Crippen LogP contribution in [0.2, 0.25) is 0 Å². The van der Waals surface area contributed by atoms with E-state index in [-0.39, 0.29) is 5.75 Å². The molecular weight excluding hydrogens is 332 g/mol. The van der Waals surface area contributed by atoms with Gasteiger partial charge in [-0.2, -0.15) is 0 Å². The number of hydrogen-bond acceptors (Lipinski definition) is 4. The number of ether oxygens (including phenoxy) is 1. The lowest BCUT2D eigenvalue weighted by atomic mass is 9.97. The molecule has 2 aromatic rings. The lowest BCUT2D eigenvalue weighted by Crippen LogP contribution is -3.13. The smallest absolute Gasteiger partial charge is 0.166 e. The minimum atomic E-state index is 0.153. The molecule has 1 fully saturated rings. The molecule has 1 aromatic heterocycles. The number of likely N-dealkylation sites (tertiary alicyclic amines) is 1. The predicted molar refractivity (Wildman–Crippen MR) is 103 cm³/mol. The van der Waals surface area contributed by atoms with Gasteiger partial charge in [0.25, 0.3) is 0 Å². The monoisotopic (exact) mass is 359 g/mol. The van der Waals surface area contributed by atoms with E-state index in [4.69, 9.17) is 4.74 Å². The van der Waals surface area contributed by atoms with E-state index in [1.165, 1.54) is 30.8 Å². The van der Waals surface area contributed by atoms with Crippen molar-refractivity contribution in [3.63, 3.8) is 0 Å². The molecule has 1 aromatic carbocycles. The van der Waals surface area contributed by atoms with Gasteiger partial charge in [-0.05, 0) is 42.3 Å². The van der Waals surface area contributed by atoms with E-state index in [2.05, 4.69) is 29.4 Å². The topological polar surface area (TPSA) is 46.3 Å². The van der Waals surface area contributed by atoms with Crippen LogP contribution in [0, 0.1) is 5.92 Å². The summed E-state index contributed by atoms with van der Waals surface area (Å²) in [6, 6.07) is 10.2. The summed E-state index contributed by atoms with van der Waals surface area (Å²) in [5, 5.41) is 12.3. The zero-order chi connectivity index (χ0) is 17.6. The zero-order valence-corrected chi connectivity index (χ0v) is 15.8. The lowest BCUT2D eigenvalue weighted by molar-refractivity contribution is -0.935. The highest BCUT2D eigenvalue weighted by atomic mass is 32.1. The van der Waals surface area contributed by atoms with Gasteiger partial charge >= 0.3 is 0 Å². The van der Waals surface area contributed by atoms with Gasteiger partial charge in [0.2, 0.25) is 0 Å². The molecule has 0 saturated carbocycles. The van der Waals surface area contributed by atoms with Crippen LogP contribution in [-0.4, -0.2) is 38.1 Å². The molecule has 0 unspecified atom stereocenters. The first-order valence-corrected chi connectivity index (χ1v) is 9.80. The van der Waals surface area contributed by atoms with Crippen molar-refractivity contribution >= 4 is 17.6 Å². The molecule has 5 heteroatoms. The summed E-state index contributed by atoms with van der Waals surface area (Å²) in [6.07, 6.45) is 4.35. The molecule has 1 atom stereocenters. The van der Waals surface area contributed by atoms with E-state index in [1.807, 2.05) is 23.5 Å². The van der Waals surface area contributed by atoms with Crippen molar-refractivity contribution in [2.24, 2.45) is 10.9 Å². The molecule has 1 saturated heterocycles. The van der Waals surface area contributed by atoms with Crippen LogP contribution in [0.3, 0.4) is 0 Å². The number of phenolic OH excluding ortho intramolecular Hbond substituents is 1. The maximum atomic E-state index is 10.2. The molecule has 4 nitrogen and oxygen atoms in total. The van der Waals surface area contributed by atoms with Gasteiger partial charge in [-0.25, -0.2) is 0 Å². The van der Waals surface area contributed by atoms with E-state index in [1.54, 1.807) is 24.3 Å². The Bertz CT molecular complexity index is 692. The summed E-state index contributed by atoms with van der Waals surface area (Å²) in [7, 11) is 1.56. The molecule has 134 valence electrons. The van der Waals surface area contributed by atoms with Crippen molar-refractivity contribution in [1.82, 2.24) is 0 Å². The Balaban J connectivity index is 1.73. The Morgan fingerprint density at radius 2 is 2.12 bits per heavy atom. The largest absolute Gasteiger partial charge is 0.504 e. The van der Waals surface area contributed by atoms with Crippen molar-refractivity contribution in [1.29, 1.82) is 0 Å². The van der Waals surface area contributed by atoms with Gasteiger partial charge in [0.1, 0.15) is 6.04 Å². The highest BCUT2D eigenvalue weighted by Crippen LogP contribution is 2.28. The number of thiophene rings is 1. The van der Waals surface area contributed by atoms with Crippen LogP contribution in [0.5, 0.6) is 11.5 Å². The maximum absolute atomic E-state index is 10.2. The Hall–Kier alpha value is -1.85. The van der Waals surface area contributed by atoms with Crippen molar-refractivity contribution in [2.75, 3.05) is 26.7 Å². The van der Waals surface area contributed by atoms with Crippen LogP contribution >= 0.6 is 11.3 Å². The molecule has 0 radical (unpaired) electrons. The van der Waals surface area contributed by atoms with Crippen LogP contribution in [-0.2, 0) is 0 Å². The number of piperidine rings is 1. The molecular formula is C20H27N2O2S+. The molecule has 0 spiro atoms. The Morgan fingerprint density at radius 3 is 2.80 bits per heavy atom. The molecule has 25 heavy (non-hydrogen) atoms. The number of phenols is 1. The second kappa shape index (κ2) is 8.50. The van der Waals surface area contributed by atoms with Gasteiger partial charge in [-0.15, -0.1) is 11.3 Å². The van der Waals surface area contributed by atoms with Crippen molar-refractivity contribution in [2.45, 2.75) is 25.8 Å². The molecule has 2 heterocycles.